The number of benzene rings is 1. The number of nitrogens with zero attached hydrogens (tertiary/aromatic N) is 2. The third kappa shape index (κ3) is 3.61. The molecule has 0 bridgehead atoms. The van der Waals surface area contributed by atoms with Crippen LogP contribution >= 0.6 is 0 Å². The molecule has 2 rings (SSSR count). The molecule has 1 heterocycles. The number of nitrogens with two attached hydrogens (primary N) is 1. The van der Waals surface area contributed by atoms with Crippen LogP contribution in [0.4, 0.5) is 0 Å². The largest absolute Gasteiger partial charge is 0.322 e. The lowest BCUT2D eigenvalue weighted by atomic mass is 9.98. The van der Waals surface area contributed by atoms with Crippen molar-refractivity contribution in [3.8, 4) is 0 Å². The van der Waals surface area contributed by atoms with E-state index in [0.717, 1.165) is 17.9 Å². The first-order valence-electron chi connectivity index (χ1n) is 6.70. The van der Waals surface area contributed by atoms with E-state index in [2.05, 4.69) is 48.1 Å². The Morgan fingerprint density at radius 1 is 1.11 bits per heavy atom. The van der Waals surface area contributed by atoms with E-state index in [1.807, 2.05) is 13.0 Å². The summed E-state index contributed by atoms with van der Waals surface area (Å²) in [6.07, 6.45) is 2.56. The standard InChI is InChI=1S/C16H21N3/c1-11(2)14-6-4-13(5-7-14)10-15(17)16-8-9-18-12(3)19-16/h4-9,11,15H,10,17H2,1-3H3. The van der Waals surface area contributed by atoms with Gasteiger partial charge in [-0.25, -0.2) is 9.97 Å². The van der Waals surface area contributed by atoms with Crippen LogP contribution in [0.1, 0.15) is 48.5 Å². The molecular weight excluding hydrogens is 234 g/mol. The van der Waals surface area contributed by atoms with Gasteiger partial charge >= 0.3 is 0 Å². The molecule has 19 heavy (non-hydrogen) atoms. The molecule has 0 aliphatic carbocycles. The van der Waals surface area contributed by atoms with Crippen LogP contribution in [0.25, 0.3) is 0 Å². The molecule has 0 fully saturated rings. The average Bonchev–Trinajstić information content (AvgIpc) is 2.39. The van der Waals surface area contributed by atoms with Crippen LogP contribution in [0, 0.1) is 6.92 Å². The molecule has 1 atom stereocenters. The molecule has 0 saturated carbocycles. The van der Waals surface area contributed by atoms with Crippen LogP contribution in [-0.4, -0.2) is 9.97 Å². The number of aromatic nitrogens is 2. The maximum absolute atomic E-state index is 6.20. The Labute approximate surface area is 114 Å². The molecule has 0 amide bonds. The molecule has 0 aliphatic rings. The summed E-state index contributed by atoms with van der Waals surface area (Å²) < 4.78 is 0. The van der Waals surface area contributed by atoms with E-state index in [4.69, 9.17) is 5.73 Å². The first kappa shape index (κ1) is 13.7. The normalized spacial score (nSPS) is 12.7. The fourth-order valence-corrected chi connectivity index (χ4v) is 2.08. The van der Waals surface area contributed by atoms with Gasteiger partial charge in [-0.1, -0.05) is 38.1 Å². The van der Waals surface area contributed by atoms with Crippen LogP contribution in [0.15, 0.2) is 36.5 Å². The molecule has 0 saturated heterocycles. The monoisotopic (exact) mass is 255 g/mol. The predicted octanol–water partition coefficient (Wildman–Crippen LogP) is 3.15. The van der Waals surface area contributed by atoms with Crippen molar-refractivity contribution in [2.45, 2.75) is 39.2 Å². The van der Waals surface area contributed by atoms with E-state index in [9.17, 15) is 0 Å². The lowest BCUT2D eigenvalue weighted by molar-refractivity contribution is 0.687. The Hall–Kier alpha value is -1.74. The van der Waals surface area contributed by atoms with Gasteiger partial charge in [0.1, 0.15) is 5.82 Å². The van der Waals surface area contributed by atoms with Crippen LogP contribution in [-0.2, 0) is 6.42 Å². The fourth-order valence-electron chi connectivity index (χ4n) is 2.08. The van der Waals surface area contributed by atoms with Crippen molar-refractivity contribution in [3.63, 3.8) is 0 Å². The Kier molecular flexibility index (Phi) is 4.27. The second kappa shape index (κ2) is 5.93. The maximum atomic E-state index is 6.20. The van der Waals surface area contributed by atoms with Crippen LogP contribution in [0.2, 0.25) is 0 Å². The SMILES string of the molecule is Cc1nccc(C(N)Cc2ccc(C(C)C)cc2)n1. The Morgan fingerprint density at radius 3 is 2.37 bits per heavy atom. The van der Waals surface area contributed by atoms with E-state index in [1.54, 1.807) is 6.20 Å². The summed E-state index contributed by atoms with van der Waals surface area (Å²) in [4.78, 5) is 8.47. The minimum Gasteiger partial charge on any atom is -0.322 e. The van der Waals surface area contributed by atoms with E-state index in [-0.39, 0.29) is 6.04 Å². The molecule has 3 heteroatoms. The van der Waals surface area contributed by atoms with E-state index < -0.39 is 0 Å². The summed E-state index contributed by atoms with van der Waals surface area (Å²) in [5, 5.41) is 0. The Balaban J connectivity index is 2.08. The minimum absolute atomic E-state index is 0.0772. The summed E-state index contributed by atoms with van der Waals surface area (Å²) in [5.41, 5.74) is 9.71. The molecule has 3 nitrogen and oxygen atoms in total. The number of aryl methyl sites for hydroxylation is 1. The van der Waals surface area contributed by atoms with Crippen molar-refractivity contribution >= 4 is 0 Å². The highest BCUT2D eigenvalue weighted by Gasteiger charge is 2.09. The molecule has 1 aromatic carbocycles. The summed E-state index contributed by atoms with van der Waals surface area (Å²) in [5.74, 6) is 1.33. The van der Waals surface area contributed by atoms with Gasteiger partial charge in [-0.3, -0.25) is 0 Å². The fraction of sp³-hybridized carbons (Fsp3) is 0.375. The molecule has 0 radical (unpaired) electrons. The highest BCUT2D eigenvalue weighted by atomic mass is 14.9. The smallest absolute Gasteiger partial charge is 0.125 e. The maximum Gasteiger partial charge on any atom is 0.125 e. The third-order valence-electron chi connectivity index (χ3n) is 3.28. The van der Waals surface area contributed by atoms with E-state index in [0.29, 0.717) is 5.92 Å². The summed E-state index contributed by atoms with van der Waals surface area (Å²) in [6.45, 7) is 6.28. The van der Waals surface area contributed by atoms with Crippen molar-refractivity contribution in [1.29, 1.82) is 0 Å². The second-order valence-electron chi connectivity index (χ2n) is 5.24. The molecular formula is C16H21N3. The van der Waals surface area contributed by atoms with Crippen molar-refractivity contribution in [1.82, 2.24) is 9.97 Å². The minimum atomic E-state index is -0.0772. The van der Waals surface area contributed by atoms with Gasteiger partial charge < -0.3 is 5.73 Å². The zero-order chi connectivity index (χ0) is 13.8. The average molecular weight is 255 g/mol. The number of hydrogen-bond acceptors (Lipinski definition) is 3. The molecule has 100 valence electrons. The van der Waals surface area contributed by atoms with Crippen LogP contribution in [0.5, 0.6) is 0 Å². The molecule has 2 N–H and O–H groups in total. The van der Waals surface area contributed by atoms with Gasteiger partial charge in [0.15, 0.2) is 0 Å². The lowest BCUT2D eigenvalue weighted by Crippen LogP contribution is -2.15. The zero-order valence-electron chi connectivity index (χ0n) is 11.8. The summed E-state index contributed by atoms with van der Waals surface area (Å²) in [7, 11) is 0. The van der Waals surface area contributed by atoms with Crippen LogP contribution < -0.4 is 5.73 Å². The topological polar surface area (TPSA) is 51.8 Å². The highest BCUT2D eigenvalue weighted by Crippen LogP contribution is 2.18. The van der Waals surface area contributed by atoms with Crippen LogP contribution in [0.3, 0.4) is 0 Å². The Bertz CT molecular complexity index is 532. The van der Waals surface area contributed by atoms with Gasteiger partial charge in [-0.05, 0) is 36.5 Å². The summed E-state index contributed by atoms with van der Waals surface area (Å²) >= 11 is 0. The highest BCUT2D eigenvalue weighted by molar-refractivity contribution is 5.26. The van der Waals surface area contributed by atoms with Gasteiger partial charge in [0, 0.05) is 6.20 Å². The second-order valence-corrected chi connectivity index (χ2v) is 5.24. The third-order valence-corrected chi connectivity index (χ3v) is 3.28. The summed E-state index contributed by atoms with van der Waals surface area (Å²) in [6, 6.07) is 10.5. The first-order chi connectivity index (χ1) is 9.06. The van der Waals surface area contributed by atoms with E-state index in [1.165, 1.54) is 11.1 Å². The molecule has 1 aromatic heterocycles. The van der Waals surface area contributed by atoms with Gasteiger partial charge in [-0.15, -0.1) is 0 Å². The first-order valence-corrected chi connectivity index (χ1v) is 6.70. The van der Waals surface area contributed by atoms with Gasteiger partial charge in [-0.2, -0.15) is 0 Å². The van der Waals surface area contributed by atoms with E-state index >= 15 is 0 Å². The quantitative estimate of drug-likeness (QED) is 0.913. The van der Waals surface area contributed by atoms with Gasteiger partial charge in [0.2, 0.25) is 0 Å². The Morgan fingerprint density at radius 2 is 1.79 bits per heavy atom. The van der Waals surface area contributed by atoms with Gasteiger partial charge in [0.25, 0.3) is 0 Å². The van der Waals surface area contributed by atoms with Crippen molar-refractivity contribution in [2.24, 2.45) is 5.73 Å². The molecule has 0 aliphatic heterocycles. The predicted molar refractivity (Wildman–Crippen MR) is 77.9 cm³/mol. The lowest BCUT2D eigenvalue weighted by Gasteiger charge is -2.12. The number of hydrogen-bond donors (Lipinski definition) is 1. The van der Waals surface area contributed by atoms with Gasteiger partial charge in [0.05, 0.1) is 11.7 Å². The molecule has 0 spiro atoms. The molecule has 1 unspecified atom stereocenters. The molecule has 2 aromatic rings. The van der Waals surface area contributed by atoms with Crippen molar-refractivity contribution < 1.29 is 0 Å². The zero-order valence-corrected chi connectivity index (χ0v) is 11.8. The number of rotatable bonds is 4. The van der Waals surface area contributed by atoms with Crippen molar-refractivity contribution in [2.75, 3.05) is 0 Å². The van der Waals surface area contributed by atoms with Crippen molar-refractivity contribution in [3.05, 3.63) is 59.2 Å².